The van der Waals surface area contributed by atoms with E-state index in [1.165, 1.54) is 6.07 Å². The van der Waals surface area contributed by atoms with Crippen molar-refractivity contribution in [3.63, 3.8) is 0 Å². The standard InChI is InChI=1S/C12H19FN2O2/c13-11-4-1-2-5-12(11)15(7-3-6-14)8-10(17)9-16/h1-2,4-5,10,16-17H,3,6-9,14H2. The van der Waals surface area contributed by atoms with E-state index in [0.29, 0.717) is 25.2 Å². The van der Waals surface area contributed by atoms with Crippen molar-refractivity contribution in [1.82, 2.24) is 0 Å². The largest absolute Gasteiger partial charge is 0.394 e. The van der Waals surface area contributed by atoms with Crippen molar-refractivity contribution in [1.29, 1.82) is 0 Å². The SMILES string of the molecule is NCCCN(CC(O)CO)c1ccccc1F. The summed E-state index contributed by atoms with van der Waals surface area (Å²) >= 11 is 0. The number of hydrogen-bond donors (Lipinski definition) is 3. The normalized spacial score (nSPS) is 12.5. The van der Waals surface area contributed by atoms with E-state index in [9.17, 15) is 9.50 Å². The number of nitrogens with zero attached hydrogens (tertiary/aromatic N) is 1. The second-order valence-corrected chi connectivity index (χ2v) is 3.88. The number of aliphatic hydroxyl groups is 2. The topological polar surface area (TPSA) is 69.7 Å². The van der Waals surface area contributed by atoms with E-state index < -0.39 is 6.10 Å². The van der Waals surface area contributed by atoms with Crippen molar-refractivity contribution in [3.8, 4) is 0 Å². The number of halogens is 1. The van der Waals surface area contributed by atoms with Crippen molar-refractivity contribution in [2.45, 2.75) is 12.5 Å². The second-order valence-electron chi connectivity index (χ2n) is 3.88. The van der Waals surface area contributed by atoms with Crippen LogP contribution >= 0.6 is 0 Å². The lowest BCUT2D eigenvalue weighted by Crippen LogP contribution is -2.36. The van der Waals surface area contributed by atoms with Gasteiger partial charge in [-0.15, -0.1) is 0 Å². The second kappa shape index (κ2) is 7.21. The fourth-order valence-corrected chi connectivity index (χ4v) is 1.61. The molecule has 96 valence electrons. The van der Waals surface area contributed by atoms with E-state index in [1.54, 1.807) is 23.1 Å². The maximum Gasteiger partial charge on any atom is 0.146 e. The quantitative estimate of drug-likeness (QED) is 0.644. The van der Waals surface area contributed by atoms with Crippen LogP contribution in [0.1, 0.15) is 6.42 Å². The number of rotatable bonds is 7. The van der Waals surface area contributed by atoms with Gasteiger partial charge in [0.05, 0.1) is 18.4 Å². The van der Waals surface area contributed by atoms with E-state index in [4.69, 9.17) is 10.8 Å². The molecule has 0 heterocycles. The monoisotopic (exact) mass is 242 g/mol. The van der Waals surface area contributed by atoms with Crippen molar-refractivity contribution in [3.05, 3.63) is 30.1 Å². The molecule has 0 aromatic heterocycles. The summed E-state index contributed by atoms with van der Waals surface area (Å²) in [6.45, 7) is 0.902. The van der Waals surface area contributed by atoms with Crippen molar-refractivity contribution < 1.29 is 14.6 Å². The summed E-state index contributed by atoms with van der Waals surface area (Å²) in [6.07, 6.45) is -0.181. The Morgan fingerprint density at radius 1 is 1.35 bits per heavy atom. The van der Waals surface area contributed by atoms with Gasteiger partial charge in [0.15, 0.2) is 0 Å². The highest BCUT2D eigenvalue weighted by molar-refractivity contribution is 5.47. The Morgan fingerprint density at radius 2 is 2.06 bits per heavy atom. The van der Waals surface area contributed by atoms with Crippen LogP contribution in [0.15, 0.2) is 24.3 Å². The molecule has 0 saturated carbocycles. The van der Waals surface area contributed by atoms with Gasteiger partial charge in [0.2, 0.25) is 0 Å². The van der Waals surface area contributed by atoms with Gasteiger partial charge in [-0.2, -0.15) is 0 Å². The lowest BCUT2D eigenvalue weighted by atomic mass is 10.2. The Morgan fingerprint density at radius 3 is 2.65 bits per heavy atom. The van der Waals surface area contributed by atoms with E-state index >= 15 is 0 Å². The summed E-state index contributed by atoms with van der Waals surface area (Å²) in [5.74, 6) is -0.338. The van der Waals surface area contributed by atoms with E-state index in [1.807, 2.05) is 0 Å². The molecular formula is C12H19FN2O2. The number of hydrogen-bond acceptors (Lipinski definition) is 4. The van der Waals surface area contributed by atoms with Crippen LogP contribution < -0.4 is 10.6 Å². The van der Waals surface area contributed by atoms with Gasteiger partial charge in [-0.05, 0) is 25.1 Å². The minimum atomic E-state index is -0.882. The zero-order valence-corrected chi connectivity index (χ0v) is 9.72. The predicted octanol–water partition coefficient (Wildman–Crippen LogP) is 0.334. The van der Waals surface area contributed by atoms with Crippen molar-refractivity contribution in [2.24, 2.45) is 5.73 Å². The van der Waals surface area contributed by atoms with Crippen LogP contribution in [0.4, 0.5) is 10.1 Å². The van der Waals surface area contributed by atoms with E-state index in [-0.39, 0.29) is 19.0 Å². The zero-order chi connectivity index (χ0) is 12.7. The third kappa shape index (κ3) is 4.30. The Labute approximate surface area is 100 Å². The molecule has 0 fully saturated rings. The van der Waals surface area contributed by atoms with Crippen LogP contribution in [0.5, 0.6) is 0 Å². The molecule has 1 unspecified atom stereocenters. The van der Waals surface area contributed by atoms with Crippen LogP contribution in [0.3, 0.4) is 0 Å². The van der Waals surface area contributed by atoms with E-state index in [0.717, 1.165) is 0 Å². The van der Waals surface area contributed by atoms with Crippen molar-refractivity contribution >= 4 is 5.69 Å². The molecule has 0 aliphatic rings. The highest BCUT2D eigenvalue weighted by Crippen LogP contribution is 2.19. The molecule has 5 heteroatoms. The molecule has 1 aromatic rings. The summed E-state index contributed by atoms with van der Waals surface area (Å²) < 4.78 is 13.6. The minimum absolute atomic E-state index is 0.192. The smallest absolute Gasteiger partial charge is 0.146 e. The minimum Gasteiger partial charge on any atom is -0.394 e. The number of anilines is 1. The van der Waals surface area contributed by atoms with Gasteiger partial charge >= 0.3 is 0 Å². The first-order valence-corrected chi connectivity index (χ1v) is 5.67. The molecule has 4 nitrogen and oxygen atoms in total. The van der Waals surface area contributed by atoms with Gasteiger partial charge in [0.1, 0.15) is 5.82 Å². The lowest BCUT2D eigenvalue weighted by Gasteiger charge is -2.27. The third-order valence-corrected chi connectivity index (χ3v) is 2.47. The average Bonchev–Trinajstić information content (AvgIpc) is 2.35. The van der Waals surface area contributed by atoms with Gasteiger partial charge in [0, 0.05) is 13.1 Å². The molecule has 0 saturated heterocycles. The first-order valence-electron chi connectivity index (χ1n) is 5.67. The molecule has 17 heavy (non-hydrogen) atoms. The van der Waals surface area contributed by atoms with Crippen LogP contribution in [0.2, 0.25) is 0 Å². The Kier molecular flexibility index (Phi) is 5.90. The third-order valence-electron chi connectivity index (χ3n) is 2.47. The van der Waals surface area contributed by atoms with Crippen LogP contribution in [-0.4, -0.2) is 42.6 Å². The van der Waals surface area contributed by atoms with Gasteiger partial charge in [-0.25, -0.2) is 4.39 Å². The Balaban J connectivity index is 2.78. The molecule has 0 bridgehead atoms. The molecule has 1 atom stereocenters. The van der Waals surface area contributed by atoms with Crippen LogP contribution in [0.25, 0.3) is 0 Å². The predicted molar refractivity (Wildman–Crippen MR) is 65.4 cm³/mol. The summed E-state index contributed by atoms with van der Waals surface area (Å²) in [6, 6.07) is 6.37. The average molecular weight is 242 g/mol. The van der Waals surface area contributed by atoms with Gasteiger partial charge < -0.3 is 20.8 Å². The highest BCUT2D eigenvalue weighted by atomic mass is 19.1. The highest BCUT2D eigenvalue weighted by Gasteiger charge is 2.14. The Bertz CT molecular complexity index is 336. The zero-order valence-electron chi connectivity index (χ0n) is 9.72. The Hall–Kier alpha value is -1.17. The first-order chi connectivity index (χ1) is 8.19. The number of aliphatic hydroxyl groups excluding tert-OH is 2. The fraction of sp³-hybridized carbons (Fsp3) is 0.500. The number of nitrogens with two attached hydrogens (primary N) is 1. The van der Waals surface area contributed by atoms with Gasteiger partial charge in [-0.3, -0.25) is 0 Å². The lowest BCUT2D eigenvalue weighted by molar-refractivity contribution is 0.0997. The molecule has 1 aromatic carbocycles. The summed E-state index contributed by atoms with van der Waals surface area (Å²) in [4.78, 5) is 1.70. The van der Waals surface area contributed by atoms with Gasteiger partial charge in [0.25, 0.3) is 0 Å². The molecule has 0 radical (unpaired) electrons. The molecular weight excluding hydrogens is 223 g/mol. The summed E-state index contributed by atoms with van der Waals surface area (Å²) in [5.41, 5.74) is 5.85. The fourth-order valence-electron chi connectivity index (χ4n) is 1.61. The van der Waals surface area contributed by atoms with Crippen LogP contribution in [-0.2, 0) is 0 Å². The number of benzene rings is 1. The van der Waals surface area contributed by atoms with Gasteiger partial charge in [-0.1, -0.05) is 12.1 Å². The molecule has 0 spiro atoms. The maximum absolute atomic E-state index is 13.6. The van der Waals surface area contributed by atoms with Crippen molar-refractivity contribution in [2.75, 3.05) is 31.1 Å². The summed E-state index contributed by atoms with van der Waals surface area (Å²) in [7, 11) is 0. The first kappa shape index (κ1) is 13.9. The molecule has 0 aliphatic carbocycles. The number of para-hydroxylation sites is 1. The van der Waals surface area contributed by atoms with Crippen LogP contribution in [0, 0.1) is 5.82 Å². The molecule has 0 amide bonds. The molecule has 4 N–H and O–H groups in total. The summed E-state index contributed by atoms with van der Waals surface area (Å²) in [5, 5.41) is 18.3. The molecule has 1 rings (SSSR count). The van der Waals surface area contributed by atoms with E-state index in [2.05, 4.69) is 0 Å². The maximum atomic E-state index is 13.6. The molecule has 0 aliphatic heterocycles.